The Balaban J connectivity index is 1.63. The fraction of sp³-hybridized carbons (Fsp3) is 0.357. The minimum atomic E-state index is -0.772. The van der Waals surface area contributed by atoms with Gasteiger partial charge in [0.15, 0.2) is 0 Å². The van der Waals surface area contributed by atoms with E-state index >= 15 is 0 Å². The highest BCUT2D eigenvalue weighted by molar-refractivity contribution is 7.99. The van der Waals surface area contributed by atoms with Crippen LogP contribution in [0, 0.1) is 0 Å². The van der Waals surface area contributed by atoms with Gasteiger partial charge in [0.05, 0.1) is 12.5 Å². The molecule has 0 aromatic heterocycles. The molecule has 2 aliphatic rings. The zero-order valence-electron chi connectivity index (χ0n) is 11.2. The van der Waals surface area contributed by atoms with Crippen molar-refractivity contribution in [3.8, 4) is 0 Å². The molecule has 1 aromatic rings. The topological polar surface area (TPSA) is 87.3 Å². The smallest absolute Gasteiger partial charge is 0.322 e. The second kappa shape index (κ2) is 5.77. The van der Waals surface area contributed by atoms with Crippen LogP contribution >= 0.6 is 11.8 Å². The summed E-state index contributed by atoms with van der Waals surface area (Å²) in [5, 5.41) is 7.50. The number of urea groups is 1. The number of carbonyl (C=O) groups excluding carboxylic acids is 3. The van der Waals surface area contributed by atoms with Crippen LogP contribution in [-0.4, -0.2) is 29.6 Å². The summed E-state index contributed by atoms with van der Waals surface area (Å²) >= 11 is 1.78. The highest BCUT2D eigenvalue weighted by Gasteiger charge is 2.32. The highest BCUT2D eigenvalue weighted by atomic mass is 32.2. The molecule has 1 aromatic carbocycles. The van der Waals surface area contributed by atoms with E-state index in [1.165, 1.54) is 4.90 Å². The van der Waals surface area contributed by atoms with E-state index in [0.29, 0.717) is 0 Å². The number of hydrogen-bond donors (Lipinski definition) is 3. The Kier molecular flexibility index (Phi) is 3.83. The van der Waals surface area contributed by atoms with Crippen molar-refractivity contribution in [2.45, 2.75) is 29.8 Å². The monoisotopic (exact) mass is 305 g/mol. The van der Waals surface area contributed by atoms with Gasteiger partial charge in [-0.1, -0.05) is 18.2 Å². The van der Waals surface area contributed by atoms with Gasteiger partial charge in [0, 0.05) is 10.6 Å². The fourth-order valence-electron chi connectivity index (χ4n) is 2.53. The van der Waals surface area contributed by atoms with Gasteiger partial charge in [0.1, 0.15) is 6.04 Å². The summed E-state index contributed by atoms with van der Waals surface area (Å²) in [7, 11) is 0. The molecule has 0 saturated carbocycles. The Morgan fingerprint density at radius 1 is 1.33 bits per heavy atom. The van der Waals surface area contributed by atoms with Crippen molar-refractivity contribution in [2.24, 2.45) is 0 Å². The molecule has 0 aliphatic carbocycles. The van der Waals surface area contributed by atoms with Gasteiger partial charge in [-0.2, -0.15) is 0 Å². The second-order valence-electron chi connectivity index (χ2n) is 5.01. The lowest BCUT2D eigenvalue weighted by molar-refractivity contribution is -0.126. The van der Waals surface area contributed by atoms with Gasteiger partial charge in [-0.25, -0.2) is 4.79 Å². The van der Waals surface area contributed by atoms with Crippen LogP contribution < -0.4 is 16.0 Å². The molecule has 21 heavy (non-hydrogen) atoms. The number of rotatable bonds is 3. The highest BCUT2D eigenvalue weighted by Crippen LogP contribution is 2.35. The maximum atomic E-state index is 12.1. The molecule has 6 nitrogen and oxygen atoms in total. The van der Waals surface area contributed by atoms with Crippen LogP contribution in [-0.2, 0) is 9.59 Å². The molecule has 2 atom stereocenters. The van der Waals surface area contributed by atoms with Gasteiger partial charge in [-0.3, -0.25) is 14.9 Å². The maximum Gasteiger partial charge on any atom is 0.322 e. The van der Waals surface area contributed by atoms with Crippen LogP contribution in [0.15, 0.2) is 29.2 Å². The van der Waals surface area contributed by atoms with E-state index in [9.17, 15) is 14.4 Å². The lowest BCUT2D eigenvalue weighted by Gasteiger charge is -2.26. The second-order valence-corrected chi connectivity index (χ2v) is 6.15. The molecule has 1 saturated heterocycles. The predicted molar refractivity (Wildman–Crippen MR) is 77.7 cm³/mol. The first-order valence-electron chi connectivity index (χ1n) is 6.76. The third-order valence-corrected chi connectivity index (χ3v) is 4.66. The summed E-state index contributed by atoms with van der Waals surface area (Å²) in [5.74, 6) is 0.265. The quantitative estimate of drug-likeness (QED) is 0.725. The van der Waals surface area contributed by atoms with Gasteiger partial charge in [-0.05, 0) is 18.1 Å². The average molecular weight is 305 g/mol. The van der Waals surface area contributed by atoms with Crippen molar-refractivity contribution >= 4 is 29.6 Å². The van der Waals surface area contributed by atoms with Crippen molar-refractivity contribution in [3.05, 3.63) is 29.8 Å². The average Bonchev–Trinajstić information content (AvgIpc) is 2.77. The number of nitrogens with one attached hydrogen (secondary N) is 3. The SMILES string of the molecule is O=C(C[C@@H]1NC(=O)NC1=O)N[C@@H]1CCSc2ccccc21. The number of amides is 4. The molecule has 7 heteroatoms. The van der Waals surface area contributed by atoms with Crippen molar-refractivity contribution in [1.82, 2.24) is 16.0 Å². The molecule has 0 radical (unpaired) electrons. The molecule has 110 valence electrons. The van der Waals surface area contributed by atoms with Crippen molar-refractivity contribution in [2.75, 3.05) is 5.75 Å². The van der Waals surface area contributed by atoms with E-state index in [2.05, 4.69) is 16.0 Å². The molecule has 3 rings (SSSR count). The van der Waals surface area contributed by atoms with Gasteiger partial charge >= 0.3 is 6.03 Å². The fourth-order valence-corrected chi connectivity index (χ4v) is 3.66. The number of benzene rings is 1. The van der Waals surface area contributed by atoms with E-state index in [-0.39, 0.29) is 18.4 Å². The Labute approximate surface area is 126 Å². The minimum Gasteiger partial charge on any atom is -0.349 e. The first kappa shape index (κ1) is 13.9. The third-order valence-electron chi connectivity index (χ3n) is 3.54. The molecule has 0 bridgehead atoms. The molecule has 1 fully saturated rings. The van der Waals surface area contributed by atoms with Crippen LogP contribution in [0.4, 0.5) is 4.79 Å². The molecular formula is C14H15N3O3S. The number of thioether (sulfide) groups is 1. The Hall–Kier alpha value is -2.02. The van der Waals surface area contributed by atoms with Crippen LogP contribution in [0.2, 0.25) is 0 Å². The number of fused-ring (bicyclic) bond motifs is 1. The minimum absolute atomic E-state index is 0.0323. The van der Waals surface area contributed by atoms with Crippen molar-refractivity contribution in [3.63, 3.8) is 0 Å². The maximum absolute atomic E-state index is 12.1. The van der Waals surface area contributed by atoms with Crippen molar-refractivity contribution < 1.29 is 14.4 Å². The van der Waals surface area contributed by atoms with Gasteiger partial charge in [0.25, 0.3) is 5.91 Å². The molecular weight excluding hydrogens is 290 g/mol. The number of carbonyl (C=O) groups is 3. The molecule has 2 aliphatic heterocycles. The summed E-state index contributed by atoms with van der Waals surface area (Å²) < 4.78 is 0. The van der Waals surface area contributed by atoms with Gasteiger partial charge in [-0.15, -0.1) is 11.8 Å². The normalized spacial score (nSPS) is 24.0. The zero-order valence-corrected chi connectivity index (χ0v) is 12.0. The Bertz CT molecular complexity index is 605. The number of hydrogen-bond acceptors (Lipinski definition) is 4. The molecule has 4 amide bonds. The molecule has 3 N–H and O–H groups in total. The Morgan fingerprint density at radius 2 is 2.14 bits per heavy atom. The summed E-state index contributed by atoms with van der Waals surface area (Å²) in [6.07, 6.45) is 0.819. The Morgan fingerprint density at radius 3 is 2.90 bits per heavy atom. The van der Waals surface area contributed by atoms with Crippen LogP contribution in [0.3, 0.4) is 0 Å². The van der Waals surface area contributed by atoms with E-state index in [4.69, 9.17) is 0 Å². The van der Waals surface area contributed by atoms with E-state index in [1.807, 2.05) is 24.3 Å². The summed E-state index contributed by atoms with van der Waals surface area (Å²) in [6.45, 7) is 0. The first-order chi connectivity index (χ1) is 10.1. The lowest BCUT2D eigenvalue weighted by Crippen LogP contribution is -2.38. The van der Waals surface area contributed by atoms with Crippen LogP contribution in [0.5, 0.6) is 0 Å². The first-order valence-corrected chi connectivity index (χ1v) is 7.74. The van der Waals surface area contributed by atoms with E-state index < -0.39 is 18.0 Å². The number of imide groups is 1. The van der Waals surface area contributed by atoms with Crippen molar-refractivity contribution in [1.29, 1.82) is 0 Å². The van der Waals surface area contributed by atoms with E-state index in [1.54, 1.807) is 11.8 Å². The van der Waals surface area contributed by atoms with Crippen LogP contribution in [0.1, 0.15) is 24.4 Å². The van der Waals surface area contributed by atoms with E-state index in [0.717, 1.165) is 17.7 Å². The molecule has 0 spiro atoms. The van der Waals surface area contributed by atoms with Crippen LogP contribution in [0.25, 0.3) is 0 Å². The third kappa shape index (κ3) is 3.02. The standard InChI is InChI=1S/C14H15N3O3S/c18-12(7-10-13(19)17-14(20)16-10)15-9-5-6-21-11-4-2-1-3-8(9)11/h1-4,9-10H,5-7H2,(H,15,18)(H2,16,17,19,20)/t9-,10+/m1/s1. The lowest BCUT2D eigenvalue weighted by atomic mass is 10.0. The summed E-state index contributed by atoms with van der Waals surface area (Å²) in [5.41, 5.74) is 1.11. The predicted octanol–water partition coefficient (Wildman–Crippen LogP) is 0.938. The zero-order chi connectivity index (χ0) is 14.8. The van der Waals surface area contributed by atoms with Gasteiger partial charge < -0.3 is 10.6 Å². The molecule has 0 unspecified atom stereocenters. The molecule has 2 heterocycles. The summed E-state index contributed by atoms with van der Waals surface area (Å²) in [6, 6.07) is 6.64. The van der Waals surface area contributed by atoms with Gasteiger partial charge in [0.2, 0.25) is 5.91 Å². The summed E-state index contributed by atoms with van der Waals surface area (Å²) in [4.78, 5) is 35.7. The largest absolute Gasteiger partial charge is 0.349 e.